The van der Waals surface area contributed by atoms with Gasteiger partial charge in [0.15, 0.2) is 0 Å². The third kappa shape index (κ3) is 4.38. The van der Waals surface area contributed by atoms with E-state index in [1.165, 1.54) is 6.07 Å². The molecule has 1 atom stereocenters. The Balaban J connectivity index is 2.82. The molecule has 3 N–H and O–H groups in total. The van der Waals surface area contributed by atoms with Crippen LogP contribution in [0, 0.1) is 5.82 Å². The van der Waals surface area contributed by atoms with Crippen molar-refractivity contribution in [1.82, 2.24) is 4.90 Å². The highest BCUT2D eigenvalue weighted by Gasteiger charge is 2.09. The molecule has 0 heterocycles. The van der Waals surface area contributed by atoms with Gasteiger partial charge in [0.1, 0.15) is 10.8 Å². The van der Waals surface area contributed by atoms with E-state index in [-0.39, 0.29) is 10.8 Å². The molecule has 0 radical (unpaired) electrons. The van der Waals surface area contributed by atoms with Crippen LogP contribution in [0.4, 0.5) is 4.39 Å². The van der Waals surface area contributed by atoms with Crippen LogP contribution in [0.3, 0.4) is 0 Å². The lowest BCUT2D eigenvalue weighted by molar-refractivity contribution is 0.137. The van der Waals surface area contributed by atoms with Crippen LogP contribution < -0.4 is 5.73 Å². The summed E-state index contributed by atoms with van der Waals surface area (Å²) in [5.74, 6) is -0.289. The van der Waals surface area contributed by atoms with Gasteiger partial charge in [-0.3, -0.25) is 4.90 Å². The molecule has 0 aromatic heterocycles. The second-order valence-corrected chi connectivity index (χ2v) is 4.66. The Morgan fingerprint density at radius 3 is 2.76 bits per heavy atom. The van der Waals surface area contributed by atoms with Gasteiger partial charge in [0.05, 0.1) is 6.10 Å². The highest BCUT2D eigenvalue weighted by molar-refractivity contribution is 7.80. The van der Waals surface area contributed by atoms with Crippen molar-refractivity contribution >= 4 is 17.2 Å². The summed E-state index contributed by atoms with van der Waals surface area (Å²) < 4.78 is 13.6. The van der Waals surface area contributed by atoms with E-state index in [2.05, 4.69) is 0 Å². The van der Waals surface area contributed by atoms with Crippen molar-refractivity contribution in [1.29, 1.82) is 0 Å². The summed E-state index contributed by atoms with van der Waals surface area (Å²) in [5.41, 5.74) is 6.68. The van der Waals surface area contributed by atoms with Crippen molar-refractivity contribution in [3.8, 4) is 0 Å². The normalized spacial score (nSPS) is 12.8. The van der Waals surface area contributed by atoms with E-state index >= 15 is 0 Å². The number of nitrogens with two attached hydrogens (primary N) is 1. The van der Waals surface area contributed by atoms with Gasteiger partial charge in [0.2, 0.25) is 0 Å². The number of thiocarbonyl (C=S) groups is 1. The molecule has 0 saturated carbocycles. The fourth-order valence-corrected chi connectivity index (χ4v) is 1.78. The lowest BCUT2D eigenvalue weighted by atomic mass is 10.1. The van der Waals surface area contributed by atoms with Crippen LogP contribution in [0.5, 0.6) is 0 Å². The first-order chi connectivity index (χ1) is 7.90. The van der Waals surface area contributed by atoms with Gasteiger partial charge < -0.3 is 10.8 Å². The van der Waals surface area contributed by atoms with Gasteiger partial charge in [-0.25, -0.2) is 4.39 Å². The molecule has 0 saturated heterocycles. The van der Waals surface area contributed by atoms with Gasteiger partial charge in [-0.05, 0) is 32.2 Å². The van der Waals surface area contributed by atoms with Crippen LogP contribution in [0.2, 0.25) is 0 Å². The molecule has 0 amide bonds. The number of likely N-dealkylation sites (N-methyl/N-ethyl adjacent to an activating group) is 1. The molecule has 1 aromatic rings. The predicted molar refractivity (Wildman–Crippen MR) is 70.3 cm³/mol. The number of benzene rings is 1. The van der Waals surface area contributed by atoms with Crippen LogP contribution in [-0.2, 0) is 6.54 Å². The second kappa shape index (κ2) is 6.05. The molecule has 1 rings (SSSR count). The summed E-state index contributed by atoms with van der Waals surface area (Å²) in [6.45, 7) is 2.59. The summed E-state index contributed by atoms with van der Waals surface area (Å²) >= 11 is 4.85. The molecule has 0 fully saturated rings. The van der Waals surface area contributed by atoms with Crippen LogP contribution in [0.25, 0.3) is 0 Å². The molecule has 94 valence electrons. The van der Waals surface area contributed by atoms with Crippen LogP contribution in [0.15, 0.2) is 18.2 Å². The molecular formula is C12H17FN2OS. The van der Waals surface area contributed by atoms with Crippen molar-refractivity contribution in [3.05, 3.63) is 35.1 Å². The quantitative estimate of drug-likeness (QED) is 0.779. The number of nitrogens with zero attached hydrogens (tertiary/aromatic N) is 1. The van der Waals surface area contributed by atoms with Crippen LogP contribution in [-0.4, -0.2) is 34.7 Å². The van der Waals surface area contributed by atoms with Gasteiger partial charge in [-0.1, -0.05) is 12.2 Å². The Hall–Kier alpha value is -1.04. The maximum absolute atomic E-state index is 13.6. The summed E-state index contributed by atoms with van der Waals surface area (Å²) in [4.78, 5) is 2.09. The number of hydrogen-bond donors (Lipinski definition) is 2. The van der Waals surface area contributed by atoms with Crippen molar-refractivity contribution in [2.24, 2.45) is 5.73 Å². The molecule has 0 aliphatic rings. The maximum Gasteiger partial charge on any atom is 0.127 e. The fourth-order valence-electron chi connectivity index (χ4n) is 1.66. The van der Waals surface area contributed by atoms with Gasteiger partial charge in [-0.2, -0.15) is 0 Å². The van der Waals surface area contributed by atoms with Crippen LogP contribution >= 0.6 is 12.2 Å². The first-order valence-electron chi connectivity index (χ1n) is 5.35. The zero-order valence-electron chi connectivity index (χ0n) is 9.98. The second-order valence-electron chi connectivity index (χ2n) is 4.22. The highest BCUT2D eigenvalue weighted by atomic mass is 32.1. The monoisotopic (exact) mass is 256 g/mol. The Kier molecular flexibility index (Phi) is 4.99. The number of aliphatic hydroxyl groups excluding tert-OH is 1. The largest absolute Gasteiger partial charge is 0.392 e. The van der Waals surface area contributed by atoms with E-state index in [1.807, 2.05) is 11.9 Å². The minimum Gasteiger partial charge on any atom is -0.392 e. The van der Waals surface area contributed by atoms with Crippen molar-refractivity contribution in [3.63, 3.8) is 0 Å². The van der Waals surface area contributed by atoms with E-state index in [0.29, 0.717) is 24.2 Å². The van der Waals surface area contributed by atoms with Crippen LogP contribution in [0.1, 0.15) is 18.1 Å². The Morgan fingerprint density at radius 2 is 2.24 bits per heavy atom. The predicted octanol–water partition coefficient (Wildman–Crippen LogP) is 1.27. The van der Waals surface area contributed by atoms with Gasteiger partial charge in [0.25, 0.3) is 0 Å². The third-order valence-electron chi connectivity index (χ3n) is 2.35. The average molecular weight is 256 g/mol. The van der Waals surface area contributed by atoms with Crippen molar-refractivity contribution in [2.75, 3.05) is 13.6 Å². The molecule has 0 bridgehead atoms. The Labute approximate surface area is 106 Å². The zero-order chi connectivity index (χ0) is 13.0. The summed E-state index contributed by atoms with van der Waals surface area (Å²) in [5, 5.41) is 9.24. The number of aliphatic hydroxyl groups is 1. The molecule has 3 nitrogen and oxygen atoms in total. The molecule has 1 aromatic carbocycles. The molecule has 0 spiro atoms. The minimum atomic E-state index is -0.443. The minimum absolute atomic E-state index is 0.254. The Bertz CT molecular complexity index is 409. The molecule has 0 aliphatic heterocycles. The van der Waals surface area contributed by atoms with Gasteiger partial charge in [-0.15, -0.1) is 0 Å². The average Bonchev–Trinajstić information content (AvgIpc) is 2.19. The Morgan fingerprint density at radius 1 is 1.59 bits per heavy atom. The summed E-state index contributed by atoms with van der Waals surface area (Å²) in [6, 6.07) is 4.58. The molecular weight excluding hydrogens is 239 g/mol. The first kappa shape index (κ1) is 14.0. The van der Waals surface area contributed by atoms with E-state index < -0.39 is 6.10 Å². The molecule has 17 heavy (non-hydrogen) atoms. The smallest absolute Gasteiger partial charge is 0.127 e. The van der Waals surface area contributed by atoms with E-state index in [9.17, 15) is 9.50 Å². The van der Waals surface area contributed by atoms with Crippen molar-refractivity contribution < 1.29 is 9.50 Å². The molecule has 1 unspecified atom stereocenters. The fraction of sp³-hybridized carbons (Fsp3) is 0.417. The molecule has 5 heteroatoms. The van der Waals surface area contributed by atoms with Crippen molar-refractivity contribution in [2.45, 2.75) is 19.6 Å². The molecule has 0 aliphatic carbocycles. The zero-order valence-corrected chi connectivity index (χ0v) is 10.8. The summed E-state index contributed by atoms with van der Waals surface area (Å²) in [7, 11) is 1.82. The lowest BCUT2D eigenvalue weighted by Crippen LogP contribution is -2.27. The number of rotatable bonds is 5. The summed E-state index contributed by atoms with van der Waals surface area (Å²) in [6.07, 6.45) is -0.443. The topological polar surface area (TPSA) is 49.5 Å². The lowest BCUT2D eigenvalue weighted by Gasteiger charge is -2.19. The number of halogens is 1. The van der Waals surface area contributed by atoms with E-state index in [4.69, 9.17) is 18.0 Å². The van der Waals surface area contributed by atoms with Gasteiger partial charge >= 0.3 is 0 Å². The first-order valence-corrected chi connectivity index (χ1v) is 5.76. The number of hydrogen-bond acceptors (Lipinski definition) is 3. The van der Waals surface area contributed by atoms with Gasteiger partial charge in [0, 0.05) is 24.2 Å². The van der Waals surface area contributed by atoms with E-state index in [0.717, 1.165) is 0 Å². The standard InChI is InChI=1S/C12H17FN2OS/c1-8(16)6-15(2)7-10-5-9(12(14)17)3-4-11(10)13/h3-5,8,16H,6-7H2,1-2H3,(H2,14,17). The highest BCUT2D eigenvalue weighted by Crippen LogP contribution is 2.13. The maximum atomic E-state index is 13.6. The SMILES string of the molecule is CC(O)CN(C)Cc1cc(C(N)=S)ccc1F. The van der Waals surface area contributed by atoms with E-state index in [1.54, 1.807) is 19.1 Å². The third-order valence-corrected chi connectivity index (χ3v) is 2.58.